The highest BCUT2D eigenvalue weighted by atomic mass is 32.2. The summed E-state index contributed by atoms with van der Waals surface area (Å²) in [4.78, 5) is 0. The zero-order valence-corrected chi connectivity index (χ0v) is 10.4. The van der Waals surface area contributed by atoms with Gasteiger partial charge in [-0.25, -0.2) is 0 Å². The van der Waals surface area contributed by atoms with Crippen molar-refractivity contribution < 1.29 is 14.6 Å². The van der Waals surface area contributed by atoms with Gasteiger partial charge < -0.3 is 20.3 Å². The molecule has 1 aliphatic carbocycles. The number of rotatable bonds is 4. The van der Waals surface area contributed by atoms with Gasteiger partial charge in [0.15, 0.2) is 5.79 Å². The standard InChI is InChI=1S/C11H21NO3S/c12-9-2-3-11(14-5-6-15-11)8-10(9)16-7-1-4-13/h9-10,13H,1-8,12H2. The van der Waals surface area contributed by atoms with Gasteiger partial charge in [-0.15, -0.1) is 0 Å². The van der Waals surface area contributed by atoms with Gasteiger partial charge in [-0.3, -0.25) is 0 Å². The normalized spacial score (nSPS) is 33.4. The molecule has 0 radical (unpaired) electrons. The van der Waals surface area contributed by atoms with E-state index >= 15 is 0 Å². The summed E-state index contributed by atoms with van der Waals surface area (Å²) in [5.41, 5.74) is 6.12. The lowest BCUT2D eigenvalue weighted by atomic mass is 9.90. The second kappa shape index (κ2) is 5.69. The fourth-order valence-electron chi connectivity index (χ4n) is 2.37. The first-order chi connectivity index (χ1) is 7.76. The number of aliphatic hydroxyl groups excluding tert-OH is 1. The molecule has 4 nitrogen and oxygen atoms in total. The van der Waals surface area contributed by atoms with Gasteiger partial charge in [-0.1, -0.05) is 0 Å². The molecule has 1 spiro atoms. The molecule has 3 N–H and O–H groups in total. The van der Waals surface area contributed by atoms with Gasteiger partial charge in [0.25, 0.3) is 0 Å². The van der Waals surface area contributed by atoms with Crippen molar-refractivity contribution >= 4 is 11.8 Å². The Balaban J connectivity index is 1.84. The van der Waals surface area contributed by atoms with Crippen molar-refractivity contribution in [3.8, 4) is 0 Å². The predicted molar refractivity (Wildman–Crippen MR) is 64.4 cm³/mol. The summed E-state index contributed by atoms with van der Waals surface area (Å²) >= 11 is 1.85. The Kier molecular flexibility index (Phi) is 4.49. The average molecular weight is 247 g/mol. The van der Waals surface area contributed by atoms with Crippen LogP contribution in [-0.2, 0) is 9.47 Å². The van der Waals surface area contributed by atoms with Crippen LogP contribution in [0.5, 0.6) is 0 Å². The van der Waals surface area contributed by atoms with Crippen LogP contribution < -0.4 is 5.73 Å². The first-order valence-electron chi connectivity index (χ1n) is 6.02. The monoisotopic (exact) mass is 247 g/mol. The summed E-state index contributed by atoms with van der Waals surface area (Å²) in [6, 6.07) is 0.238. The summed E-state index contributed by atoms with van der Waals surface area (Å²) < 4.78 is 11.5. The van der Waals surface area contributed by atoms with E-state index in [4.69, 9.17) is 20.3 Å². The summed E-state index contributed by atoms with van der Waals surface area (Å²) in [5.74, 6) is 0.623. The maximum absolute atomic E-state index is 8.77. The zero-order valence-electron chi connectivity index (χ0n) is 9.56. The SMILES string of the molecule is NC1CCC2(CC1SCCCO)OCCO2. The minimum atomic E-state index is -0.341. The van der Waals surface area contributed by atoms with Gasteiger partial charge in [0.05, 0.1) is 13.2 Å². The Bertz CT molecular complexity index is 221. The van der Waals surface area contributed by atoms with Crippen molar-refractivity contribution in [2.45, 2.75) is 42.8 Å². The van der Waals surface area contributed by atoms with E-state index in [1.165, 1.54) is 0 Å². The van der Waals surface area contributed by atoms with E-state index in [-0.39, 0.29) is 18.4 Å². The largest absolute Gasteiger partial charge is 0.396 e. The summed E-state index contributed by atoms with van der Waals surface area (Å²) in [5, 5.41) is 9.17. The molecule has 1 saturated heterocycles. The Morgan fingerprint density at radius 3 is 2.81 bits per heavy atom. The molecular formula is C11H21NO3S. The van der Waals surface area contributed by atoms with Crippen LogP contribution in [0.2, 0.25) is 0 Å². The molecule has 94 valence electrons. The van der Waals surface area contributed by atoms with E-state index in [2.05, 4.69) is 0 Å². The molecule has 2 fully saturated rings. The van der Waals surface area contributed by atoms with Crippen LogP contribution in [0, 0.1) is 0 Å². The molecule has 2 aliphatic rings. The van der Waals surface area contributed by atoms with Crippen molar-refractivity contribution in [2.24, 2.45) is 5.73 Å². The third-order valence-electron chi connectivity index (χ3n) is 3.30. The van der Waals surface area contributed by atoms with Crippen molar-refractivity contribution in [3.05, 3.63) is 0 Å². The molecule has 16 heavy (non-hydrogen) atoms. The third-order valence-corrected chi connectivity index (χ3v) is 4.77. The fraction of sp³-hybridized carbons (Fsp3) is 1.00. The smallest absolute Gasteiger partial charge is 0.169 e. The van der Waals surface area contributed by atoms with E-state index in [9.17, 15) is 0 Å². The molecule has 1 saturated carbocycles. The Morgan fingerprint density at radius 2 is 2.12 bits per heavy atom. The van der Waals surface area contributed by atoms with E-state index < -0.39 is 0 Å². The minimum absolute atomic E-state index is 0.238. The highest BCUT2D eigenvalue weighted by molar-refractivity contribution is 7.99. The van der Waals surface area contributed by atoms with Crippen LogP contribution in [0.15, 0.2) is 0 Å². The molecule has 0 aromatic heterocycles. The maximum Gasteiger partial charge on any atom is 0.169 e. The van der Waals surface area contributed by atoms with Gasteiger partial charge in [-0.05, 0) is 18.6 Å². The summed E-state index contributed by atoms with van der Waals surface area (Å²) in [6.45, 7) is 1.68. The molecule has 2 rings (SSSR count). The van der Waals surface area contributed by atoms with Crippen LogP contribution in [0.3, 0.4) is 0 Å². The molecule has 1 aliphatic heterocycles. The minimum Gasteiger partial charge on any atom is -0.396 e. The molecule has 2 atom stereocenters. The molecular weight excluding hydrogens is 226 g/mol. The molecule has 0 aromatic carbocycles. The molecule has 5 heteroatoms. The second-order valence-electron chi connectivity index (χ2n) is 4.50. The second-order valence-corrected chi connectivity index (χ2v) is 5.85. The van der Waals surface area contributed by atoms with E-state index in [1.807, 2.05) is 11.8 Å². The number of hydrogen-bond acceptors (Lipinski definition) is 5. The third kappa shape index (κ3) is 2.90. The van der Waals surface area contributed by atoms with Crippen LogP contribution in [-0.4, -0.2) is 47.8 Å². The van der Waals surface area contributed by atoms with Gasteiger partial charge in [-0.2, -0.15) is 11.8 Å². The zero-order chi connectivity index (χ0) is 11.4. The number of nitrogens with two attached hydrogens (primary N) is 1. The average Bonchev–Trinajstić information content (AvgIpc) is 2.73. The van der Waals surface area contributed by atoms with Crippen LogP contribution in [0.4, 0.5) is 0 Å². The number of ether oxygens (including phenoxy) is 2. The van der Waals surface area contributed by atoms with E-state index in [1.54, 1.807) is 0 Å². The van der Waals surface area contributed by atoms with Gasteiger partial charge in [0.2, 0.25) is 0 Å². The van der Waals surface area contributed by atoms with Gasteiger partial charge in [0, 0.05) is 30.7 Å². The highest BCUT2D eigenvalue weighted by Crippen LogP contribution is 2.39. The van der Waals surface area contributed by atoms with Crippen molar-refractivity contribution in [2.75, 3.05) is 25.6 Å². The first kappa shape index (κ1) is 12.6. The fourth-order valence-corrected chi connectivity index (χ4v) is 3.73. The lowest BCUT2D eigenvalue weighted by Crippen LogP contribution is -2.47. The number of hydrogen-bond donors (Lipinski definition) is 2. The highest BCUT2D eigenvalue weighted by Gasteiger charge is 2.44. The molecule has 0 bridgehead atoms. The van der Waals surface area contributed by atoms with E-state index in [0.29, 0.717) is 18.5 Å². The van der Waals surface area contributed by atoms with Gasteiger partial charge >= 0.3 is 0 Å². The van der Waals surface area contributed by atoms with Crippen LogP contribution in [0.25, 0.3) is 0 Å². The number of aliphatic hydroxyl groups is 1. The summed E-state index contributed by atoms with van der Waals surface area (Å²) in [6.07, 6.45) is 3.62. The Labute approximate surface area is 101 Å². The Hall–Kier alpha value is 0.190. The van der Waals surface area contributed by atoms with E-state index in [0.717, 1.165) is 31.4 Å². The van der Waals surface area contributed by atoms with Crippen molar-refractivity contribution in [3.63, 3.8) is 0 Å². The topological polar surface area (TPSA) is 64.7 Å². The maximum atomic E-state index is 8.77. The Morgan fingerprint density at radius 1 is 1.38 bits per heavy atom. The van der Waals surface area contributed by atoms with Crippen molar-refractivity contribution in [1.29, 1.82) is 0 Å². The first-order valence-corrected chi connectivity index (χ1v) is 7.07. The summed E-state index contributed by atoms with van der Waals surface area (Å²) in [7, 11) is 0. The van der Waals surface area contributed by atoms with Crippen LogP contribution in [0.1, 0.15) is 25.7 Å². The number of thioether (sulfide) groups is 1. The molecule has 0 aromatic rings. The molecule has 0 amide bonds. The molecule has 2 unspecified atom stereocenters. The van der Waals surface area contributed by atoms with Gasteiger partial charge in [0.1, 0.15) is 0 Å². The molecule has 1 heterocycles. The van der Waals surface area contributed by atoms with Crippen LogP contribution >= 0.6 is 11.8 Å². The quantitative estimate of drug-likeness (QED) is 0.717. The predicted octanol–water partition coefficient (Wildman–Crippen LogP) is 0.725. The lowest BCUT2D eigenvalue weighted by molar-refractivity contribution is -0.176. The lowest BCUT2D eigenvalue weighted by Gasteiger charge is -2.39. The van der Waals surface area contributed by atoms with Crippen molar-refractivity contribution in [1.82, 2.24) is 0 Å².